The molecule has 0 bridgehead atoms. The fourth-order valence-corrected chi connectivity index (χ4v) is 3.06. The van der Waals surface area contributed by atoms with Gasteiger partial charge in [0.15, 0.2) is 0 Å². The Morgan fingerprint density at radius 3 is 2.17 bits per heavy atom. The second-order valence-corrected chi connectivity index (χ2v) is 6.68. The lowest BCUT2D eigenvalue weighted by Gasteiger charge is -2.09. The zero-order chi connectivity index (χ0) is 21.3. The second-order valence-electron chi connectivity index (χ2n) is 6.68. The van der Waals surface area contributed by atoms with Crippen LogP contribution in [0.3, 0.4) is 0 Å². The molecule has 4 rings (SSSR count). The Labute approximate surface area is 169 Å². The van der Waals surface area contributed by atoms with E-state index in [1.54, 1.807) is 53.2 Å². The highest BCUT2D eigenvalue weighted by Gasteiger charge is 2.29. The maximum atomic E-state index is 12.7. The second kappa shape index (κ2) is 7.64. The number of aliphatic hydroxyl groups is 1. The molecule has 2 heterocycles. The average molecular weight is 411 g/mol. The summed E-state index contributed by atoms with van der Waals surface area (Å²) in [6, 6.07) is 14.9. The number of fused-ring (bicyclic) bond motifs is 1. The Balaban J connectivity index is 1.49. The molecule has 152 valence electrons. The molecule has 4 aromatic rings. The number of benzene rings is 2. The first-order valence-electron chi connectivity index (χ1n) is 9.01. The van der Waals surface area contributed by atoms with Crippen LogP contribution in [0.2, 0.25) is 0 Å². The number of amides is 1. The molecule has 5 nitrogen and oxygen atoms in total. The van der Waals surface area contributed by atoms with Gasteiger partial charge in [0.05, 0.1) is 23.6 Å². The van der Waals surface area contributed by atoms with E-state index < -0.39 is 11.7 Å². The van der Waals surface area contributed by atoms with Gasteiger partial charge in [0.25, 0.3) is 5.91 Å². The Morgan fingerprint density at radius 2 is 1.57 bits per heavy atom. The van der Waals surface area contributed by atoms with E-state index in [0.717, 1.165) is 12.1 Å². The lowest BCUT2D eigenvalue weighted by Crippen LogP contribution is -2.12. The highest BCUT2D eigenvalue weighted by molar-refractivity contribution is 6.04. The summed E-state index contributed by atoms with van der Waals surface area (Å²) in [5.41, 5.74) is 2.77. The number of halogens is 3. The predicted molar refractivity (Wildman–Crippen MR) is 106 cm³/mol. The molecule has 0 fully saturated rings. The quantitative estimate of drug-likeness (QED) is 0.509. The molecule has 0 radical (unpaired) electrons. The number of aliphatic hydroxyl groups excluding tert-OH is 1. The van der Waals surface area contributed by atoms with Crippen LogP contribution in [0, 0.1) is 0 Å². The summed E-state index contributed by atoms with van der Waals surface area (Å²) in [6.45, 7) is -0.172. The molecule has 0 unspecified atom stereocenters. The zero-order valence-electron chi connectivity index (χ0n) is 15.5. The predicted octanol–water partition coefficient (Wildman–Crippen LogP) is 4.76. The first-order chi connectivity index (χ1) is 14.3. The van der Waals surface area contributed by atoms with Crippen molar-refractivity contribution in [2.45, 2.75) is 12.8 Å². The largest absolute Gasteiger partial charge is 0.416 e. The van der Waals surface area contributed by atoms with Gasteiger partial charge in [0.1, 0.15) is 5.65 Å². The van der Waals surface area contributed by atoms with Gasteiger partial charge in [-0.3, -0.25) is 4.79 Å². The van der Waals surface area contributed by atoms with Gasteiger partial charge in [-0.05, 0) is 47.5 Å². The smallest absolute Gasteiger partial charge is 0.390 e. The molecule has 8 heteroatoms. The number of alkyl halides is 3. The summed E-state index contributed by atoms with van der Waals surface area (Å²) in [4.78, 5) is 16.7. The maximum absolute atomic E-state index is 12.7. The Morgan fingerprint density at radius 1 is 0.933 bits per heavy atom. The monoisotopic (exact) mass is 411 g/mol. The first kappa shape index (κ1) is 19.7. The molecule has 0 atom stereocenters. The summed E-state index contributed by atoms with van der Waals surface area (Å²) in [5, 5.41) is 11.9. The van der Waals surface area contributed by atoms with Gasteiger partial charge in [-0.25, -0.2) is 4.98 Å². The van der Waals surface area contributed by atoms with Crippen molar-refractivity contribution >= 4 is 17.2 Å². The molecule has 0 saturated carbocycles. The van der Waals surface area contributed by atoms with E-state index in [2.05, 4.69) is 10.3 Å². The van der Waals surface area contributed by atoms with Crippen molar-refractivity contribution in [1.82, 2.24) is 9.38 Å². The van der Waals surface area contributed by atoms with E-state index >= 15 is 0 Å². The normalized spacial score (nSPS) is 11.6. The van der Waals surface area contributed by atoms with Gasteiger partial charge >= 0.3 is 6.18 Å². The number of imidazole rings is 1. The molecule has 2 N–H and O–H groups in total. The van der Waals surface area contributed by atoms with Crippen molar-refractivity contribution < 1.29 is 23.1 Å². The van der Waals surface area contributed by atoms with Crippen molar-refractivity contribution in [3.05, 3.63) is 89.9 Å². The summed E-state index contributed by atoms with van der Waals surface area (Å²) in [5.74, 6) is -0.323. The minimum atomic E-state index is -4.38. The van der Waals surface area contributed by atoms with Gasteiger partial charge in [0, 0.05) is 18.0 Å². The molecular weight excluding hydrogens is 395 g/mol. The summed E-state index contributed by atoms with van der Waals surface area (Å²) in [6.07, 6.45) is -1.01. The van der Waals surface area contributed by atoms with E-state index in [9.17, 15) is 18.0 Å². The third-order valence-corrected chi connectivity index (χ3v) is 4.61. The summed E-state index contributed by atoms with van der Waals surface area (Å²) in [7, 11) is 0. The molecule has 0 spiro atoms. The van der Waals surface area contributed by atoms with Crippen LogP contribution in [0.15, 0.2) is 73.1 Å². The fourth-order valence-electron chi connectivity index (χ4n) is 3.06. The molecule has 1 amide bonds. The van der Waals surface area contributed by atoms with Crippen LogP contribution in [-0.4, -0.2) is 20.4 Å². The van der Waals surface area contributed by atoms with Crippen LogP contribution in [0.1, 0.15) is 21.6 Å². The van der Waals surface area contributed by atoms with E-state index in [1.165, 1.54) is 12.1 Å². The number of pyridine rings is 1. The van der Waals surface area contributed by atoms with Crippen molar-refractivity contribution in [2.24, 2.45) is 0 Å². The van der Waals surface area contributed by atoms with Crippen molar-refractivity contribution in [3.63, 3.8) is 0 Å². The van der Waals surface area contributed by atoms with E-state index in [4.69, 9.17) is 5.11 Å². The standard InChI is InChI=1S/C22H16F3N3O2/c23-22(24,25)17-7-5-15(6-8-17)14-1-3-16(4-2-14)21(30)27-18-9-10-20-26-19(13-29)12-28(20)11-18/h1-12,29H,13H2,(H,27,30). The minimum absolute atomic E-state index is 0.172. The molecule has 0 aliphatic carbocycles. The molecule has 0 aliphatic heterocycles. The fraction of sp³-hybridized carbons (Fsp3) is 0.0909. The van der Waals surface area contributed by atoms with Gasteiger partial charge in [-0.1, -0.05) is 24.3 Å². The summed E-state index contributed by atoms with van der Waals surface area (Å²) < 4.78 is 39.8. The number of carbonyl (C=O) groups excluding carboxylic acids is 1. The molecule has 30 heavy (non-hydrogen) atoms. The molecule has 2 aromatic heterocycles. The van der Waals surface area contributed by atoms with Crippen LogP contribution >= 0.6 is 0 Å². The number of rotatable bonds is 4. The average Bonchev–Trinajstić information content (AvgIpc) is 3.16. The molecular formula is C22H16F3N3O2. The number of nitrogens with one attached hydrogen (secondary N) is 1. The van der Waals surface area contributed by atoms with Crippen LogP contribution in [0.5, 0.6) is 0 Å². The lowest BCUT2D eigenvalue weighted by atomic mass is 10.0. The van der Waals surface area contributed by atoms with Crippen LogP contribution in [0.25, 0.3) is 16.8 Å². The van der Waals surface area contributed by atoms with Crippen molar-refractivity contribution in [1.29, 1.82) is 0 Å². The van der Waals surface area contributed by atoms with Crippen LogP contribution in [0.4, 0.5) is 18.9 Å². The Hall–Kier alpha value is -3.65. The topological polar surface area (TPSA) is 66.6 Å². The molecule has 0 saturated heterocycles. The zero-order valence-corrected chi connectivity index (χ0v) is 15.5. The van der Waals surface area contributed by atoms with Crippen LogP contribution in [-0.2, 0) is 12.8 Å². The minimum Gasteiger partial charge on any atom is -0.390 e. The van der Waals surface area contributed by atoms with Crippen molar-refractivity contribution in [3.8, 4) is 11.1 Å². The SMILES string of the molecule is O=C(Nc1ccc2nc(CO)cn2c1)c1ccc(-c2ccc(C(F)(F)F)cc2)cc1. The number of anilines is 1. The highest BCUT2D eigenvalue weighted by Crippen LogP contribution is 2.31. The van der Waals surface area contributed by atoms with E-state index in [1.807, 2.05) is 0 Å². The third kappa shape index (κ3) is 4.04. The number of aromatic nitrogens is 2. The van der Waals surface area contributed by atoms with Gasteiger partial charge < -0.3 is 14.8 Å². The third-order valence-electron chi connectivity index (χ3n) is 4.61. The summed E-state index contributed by atoms with van der Waals surface area (Å²) >= 11 is 0. The van der Waals surface area contributed by atoms with Crippen LogP contribution < -0.4 is 5.32 Å². The maximum Gasteiger partial charge on any atom is 0.416 e. The number of hydrogen-bond donors (Lipinski definition) is 2. The number of hydrogen-bond acceptors (Lipinski definition) is 3. The number of carbonyl (C=O) groups is 1. The molecule has 0 aliphatic rings. The first-order valence-corrected chi connectivity index (χ1v) is 9.01. The van der Waals surface area contributed by atoms with E-state index in [-0.39, 0.29) is 12.5 Å². The Kier molecular flexibility index (Phi) is 5.01. The van der Waals surface area contributed by atoms with E-state index in [0.29, 0.717) is 33.7 Å². The van der Waals surface area contributed by atoms with Gasteiger partial charge in [-0.2, -0.15) is 13.2 Å². The highest BCUT2D eigenvalue weighted by atomic mass is 19.4. The van der Waals surface area contributed by atoms with Crippen molar-refractivity contribution in [2.75, 3.05) is 5.32 Å². The van der Waals surface area contributed by atoms with Gasteiger partial charge in [-0.15, -0.1) is 0 Å². The Bertz CT molecular complexity index is 1200. The lowest BCUT2D eigenvalue weighted by molar-refractivity contribution is -0.137. The van der Waals surface area contributed by atoms with Gasteiger partial charge in [0.2, 0.25) is 0 Å². The number of nitrogens with zero attached hydrogens (tertiary/aromatic N) is 2. The molecule has 2 aromatic carbocycles.